The van der Waals surface area contributed by atoms with E-state index in [1.54, 1.807) is 6.07 Å². The monoisotopic (exact) mass is 344 g/mol. The van der Waals surface area contributed by atoms with Crippen LogP contribution in [0.5, 0.6) is 0 Å². The quantitative estimate of drug-likeness (QED) is 0.662. The van der Waals surface area contributed by atoms with Crippen molar-refractivity contribution in [3.05, 3.63) is 40.1 Å². The number of aromatic nitrogens is 1. The van der Waals surface area contributed by atoms with Crippen LogP contribution in [0.25, 0.3) is 10.9 Å². The molecule has 1 fully saturated rings. The Morgan fingerprint density at radius 1 is 1.32 bits per heavy atom. The molecule has 2 aromatic rings. The Bertz CT molecular complexity index is 772. The van der Waals surface area contributed by atoms with Crippen LogP contribution >= 0.6 is 0 Å². The Labute approximate surface area is 147 Å². The highest BCUT2D eigenvalue weighted by molar-refractivity contribution is 5.97. The number of benzene rings is 1. The van der Waals surface area contributed by atoms with Crippen LogP contribution in [0.4, 0.5) is 11.4 Å². The minimum absolute atomic E-state index is 0.0483. The summed E-state index contributed by atoms with van der Waals surface area (Å²) in [6, 6.07) is 7.12. The smallest absolute Gasteiger partial charge is 0.295 e. The van der Waals surface area contributed by atoms with Crippen molar-refractivity contribution in [2.45, 2.75) is 26.4 Å². The lowest BCUT2D eigenvalue weighted by molar-refractivity contribution is -0.383. The van der Waals surface area contributed by atoms with E-state index in [1.807, 2.05) is 26.0 Å². The summed E-state index contributed by atoms with van der Waals surface area (Å²) in [6.45, 7) is 7.96. The topological polar surface area (TPSA) is 82.7 Å². The summed E-state index contributed by atoms with van der Waals surface area (Å²) in [5.41, 5.74) is 2.28. The first-order valence-electron chi connectivity index (χ1n) is 8.69. The van der Waals surface area contributed by atoms with E-state index in [-0.39, 0.29) is 16.7 Å². The maximum absolute atomic E-state index is 11.3. The molecule has 7 nitrogen and oxygen atoms in total. The number of hydrogen-bond donors (Lipinski definition) is 1. The molecule has 0 radical (unpaired) electrons. The fraction of sp³-hybridized carbons (Fsp3) is 0.500. The van der Waals surface area contributed by atoms with Gasteiger partial charge >= 0.3 is 0 Å². The number of aliphatic hydroxyl groups is 1. The number of piperazine rings is 1. The van der Waals surface area contributed by atoms with Gasteiger partial charge in [-0.2, -0.15) is 0 Å². The fourth-order valence-corrected chi connectivity index (χ4v) is 3.35. The van der Waals surface area contributed by atoms with E-state index < -0.39 is 0 Å². The van der Waals surface area contributed by atoms with Crippen LogP contribution in [-0.4, -0.2) is 58.7 Å². The number of nitro groups is 1. The van der Waals surface area contributed by atoms with Crippen molar-refractivity contribution < 1.29 is 10.0 Å². The van der Waals surface area contributed by atoms with Gasteiger partial charge in [0.2, 0.25) is 0 Å². The number of hydrogen-bond acceptors (Lipinski definition) is 6. The molecule has 0 aliphatic carbocycles. The second kappa shape index (κ2) is 7.33. The molecule has 1 saturated heterocycles. The van der Waals surface area contributed by atoms with Crippen molar-refractivity contribution in [3.63, 3.8) is 0 Å². The van der Waals surface area contributed by atoms with Gasteiger partial charge in [-0.15, -0.1) is 0 Å². The molecule has 1 aromatic carbocycles. The second-order valence-electron chi connectivity index (χ2n) is 6.56. The average Bonchev–Trinajstić information content (AvgIpc) is 2.61. The molecule has 1 atom stereocenters. The van der Waals surface area contributed by atoms with Crippen molar-refractivity contribution in [2.24, 2.45) is 0 Å². The van der Waals surface area contributed by atoms with Crippen LogP contribution < -0.4 is 4.90 Å². The Morgan fingerprint density at radius 3 is 2.68 bits per heavy atom. The minimum atomic E-state index is -0.372. The van der Waals surface area contributed by atoms with Crippen LogP contribution in [0.3, 0.4) is 0 Å². The van der Waals surface area contributed by atoms with Crippen LogP contribution in [0.2, 0.25) is 0 Å². The summed E-state index contributed by atoms with van der Waals surface area (Å²) in [5, 5.41) is 22.0. The Hall–Kier alpha value is -2.25. The lowest BCUT2D eigenvalue weighted by atomic mass is 10.1. The van der Waals surface area contributed by atoms with Crippen molar-refractivity contribution in [3.8, 4) is 0 Å². The van der Waals surface area contributed by atoms with Crippen molar-refractivity contribution in [1.29, 1.82) is 0 Å². The Balaban J connectivity index is 1.87. The fourth-order valence-electron chi connectivity index (χ4n) is 3.35. The molecular weight excluding hydrogens is 320 g/mol. The first-order chi connectivity index (χ1) is 12.0. The summed E-state index contributed by atoms with van der Waals surface area (Å²) in [6.07, 6.45) is 0.483. The molecule has 1 N–H and O–H groups in total. The lowest BCUT2D eigenvalue weighted by Crippen LogP contribution is -2.48. The molecule has 25 heavy (non-hydrogen) atoms. The van der Waals surface area contributed by atoms with Gasteiger partial charge in [0, 0.05) is 55.6 Å². The zero-order chi connectivity index (χ0) is 18.0. The summed E-state index contributed by atoms with van der Waals surface area (Å²) in [7, 11) is 0. The predicted octanol–water partition coefficient (Wildman–Crippen LogP) is 2.34. The van der Waals surface area contributed by atoms with E-state index in [9.17, 15) is 15.2 Å². The molecule has 134 valence electrons. The summed E-state index contributed by atoms with van der Waals surface area (Å²) in [4.78, 5) is 19.9. The number of fused-ring (bicyclic) bond motifs is 1. The predicted molar refractivity (Wildman–Crippen MR) is 98.1 cm³/mol. The standard InChI is InChI=1S/C18H24N4O3/c1-3-14(23)12-20-7-9-21(10-8-20)17-11-13(2)19-18-15(17)5-4-6-16(18)22(24)25/h4-6,11,14,23H,3,7-10,12H2,1-2H3. The highest BCUT2D eigenvalue weighted by atomic mass is 16.6. The van der Waals surface area contributed by atoms with E-state index in [4.69, 9.17) is 0 Å². The van der Waals surface area contributed by atoms with Gasteiger partial charge in [0.25, 0.3) is 5.69 Å². The molecule has 0 amide bonds. The first-order valence-corrected chi connectivity index (χ1v) is 8.69. The maximum atomic E-state index is 11.3. The summed E-state index contributed by atoms with van der Waals surface area (Å²) >= 11 is 0. The van der Waals surface area contributed by atoms with Gasteiger partial charge in [0.05, 0.1) is 11.0 Å². The molecule has 0 saturated carbocycles. The van der Waals surface area contributed by atoms with Gasteiger partial charge < -0.3 is 10.0 Å². The number of anilines is 1. The number of nitro benzene ring substituents is 1. The maximum Gasteiger partial charge on any atom is 0.295 e. The number of β-amino-alcohol motifs (C(OH)–C–C–N with tert-alkyl or cyclic N) is 1. The van der Waals surface area contributed by atoms with Crippen LogP contribution in [-0.2, 0) is 0 Å². The molecule has 1 aromatic heterocycles. The third-order valence-electron chi connectivity index (χ3n) is 4.77. The molecule has 7 heteroatoms. The Morgan fingerprint density at radius 2 is 2.04 bits per heavy atom. The number of rotatable bonds is 5. The second-order valence-corrected chi connectivity index (χ2v) is 6.56. The van der Waals surface area contributed by atoms with Crippen LogP contribution in [0.1, 0.15) is 19.0 Å². The van der Waals surface area contributed by atoms with E-state index >= 15 is 0 Å². The highest BCUT2D eigenvalue weighted by Gasteiger charge is 2.22. The number of pyridine rings is 1. The van der Waals surface area contributed by atoms with E-state index in [1.165, 1.54) is 6.07 Å². The highest BCUT2D eigenvalue weighted by Crippen LogP contribution is 2.32. The van der Waals surface area contributed by atoms with E-state index in [0.717, 1.165) is 49.4 Å². The van der Waals surface area contributed by atoms with Crippen molar-refractivity contribution in [2.75, 3.05) is 37.6 Å². The summed E-state index contributed by atoms with van der Waals surface area (Å²) < 4.78 is 0. The molecule has 1 aliphatic rings. The molecule has 0 spiro atoms. The Kier molecular flexibility index (Phi) is 5.15. The summed E-state index contributed by atoms with van der Waals surface area (Å²) in [5.74, 6) is 0. The third-order valence-corrected chi connectivity index (χ3v) is 4.77. The zero-order valence-corrected chi connectivity index (χ0v) is 14.7. The molecule has 1 aliphatic heterocycles. The van der Waals surface area contributed by atoms with Crippen molar-refractivity contribution >= 4 is 22.3 Å². The molecule has 3 rings (SSSR count). The number of aryl methyl sites for hydroxylation is 1. The molecule has 2 heterocycles. The zero-order valence-electron chi connectivity index (χ0n) is 14.7. The normalized spacial score (nSPS) is 17.0. The largest absolute Gasteiger partial charge is 0.392 e. The van der Waals surface area contributed by atoms with Gasteiger partial charge in [-0.25, -0.2) is 4.98 Å². The van der Waals surface area contributed by atoms with Crippen LogP contribution in [0, 0.1) is 17.0 Å². The molecular formula is C18H24N4O3. The van der Waals surface area contributed by atoms with Crippen molar-refractivity contribution in [1.82, 2.24) is 9.88 Å². The van der Waals surface area contributed by atoms with Crippen LogP contribution in [0.15, 0.2) is 24.3 Å². The molecule has 0 bridgehead atoms. The SMILES string of the molecule is CCC(O)CN1CCN(c2cc(C)nc3c([N+](=O)[O-])cccc23)CC1. The number of nitrogens with zero attached hydrogens (tertiary/aromatic N) is 4. The van der Waals surface area contributed by atoms with Gasteiger partial charge in [0.15, 0.2) is 5.52 Å². The van der Waals surface area contributed by atoms with E-state index in [2.05, 4.69) is 14.8 Å². The van der Waals surface area contributed by atoms with Gasteiger partial charge in [-0.3, -0.25) is 15.0 Å². The molecule has 1 unspecified atom stereocenters. The number of non-ortho nitro benzene ring substituents is 1. The van der Waals surface area contributed by atoms with Gasteiger partial charge in [0.1, 0.15) is 0 Å². The van der Waals surface area contributed by atoms with Gasteiger partial charge in [-0.1, -0.05) is 19.1 Å². The number of aliphatic hydroxyl groups excluding tert-OH is 1. The minimum Gasteiger partial charge on any atom is -0.392 e. The lowest BCUT2D eigenvalue weighted by Gasteiger charge is -2.37. The van der Waals surface area contributed by atoms with Gasteiger partial charge in [-0.05, 0) is 19.4 Å². The average molecular weight is 344 g/mol. The third kappa shape index (κ3) is 3.72. The first kappa shape index (κ1) is 17.6. The van der Waals surface area contributed by atoms with E-state index in [0.29, 0.717) is 12.1 Å². The number of para-hydroxylation sites is 1.